The van der Waals surface area contributed by atoms with Gasteiger partial charge in [0.05, 0.1) is 24.1 Å². The molecule has 3 aromatic rings. The largest absolute Gasteiger partial charge is 0.497 e. The van der Waals surface area contributed by atoms with Crippen LogP contribution >= 0.6 is 11.3 Å². The third kappa shape index (κ3) is 2.98. The number of amides is 1. The minimum absolute atomic E-state index is 0.00643. The second-order valence-corrected chi connectivity index (χ2v) is 6.17. The Labute approximate surface area is 144 Å². The lowest BCUT2D eigenvalue weighted by Crippen LogP contribution is -2.11. The maximum Gasteiger partial charge on any atom is 0.417 e. The van der Waals surface area contributed by atoms with Crippen molar-refractivity contribution >= 4 is 33.1 Å². The highest BCUT2D eigenvalue weighted by Gasteiger charge is 2.36. The first kappa shape index (κ1) is 17.0. The van der Waals surface area contributed by atoms with Crippen molar-refractivity contribution in [3.8, 4) is 17.0 Å². The van der Waals surface area contributed by atoms with Crippen LogP contribution < -0.4 is 16.2 Å². The Morgan fingerprint density at radius 2 is 1.88 bits per heavy atom. The zero-order valence-electron chi connectivity index (χ0n) is 12.8. The van der Waals surface area contributed by atoms with E-state index in [1.165, 1.54) is 7.11 Å². The number of halogens is 3. The molecule has 4 N–H and O–H groups in total. The molecule has 5 nitrogen and oxygen atoms in total. The van der Waals surface area contributed by atoms with E-state index < -0.39 is 17.6 Å². The molecule has 2 aromatic heterocycles. The van der Waals surface area contributed by atoms with E-state index in [1.807, 2.05) is 0 Å². The van der Waals surface area contributed by atoms with E-state index in [-0.39, 0.29) is 26.5 Å². The highest BCUT2D eigenvalue weighted by Crippen LogP contribution is 2.43. The van der Waals surface area contributed by atoms with Gasteiger partial charge in [0.15, 0.2) is 0 Å². The Balaban J connectivity index is 2.29. The van der Waals surface area contributed by atoms with E-state index in [1.54, 1.807) is 24.3 Å². The van der Waals surface area contributed by atoms with Crippen LogP contribution in [0.15, 0.2) is 30.3 Å². The number of methoxy groups -OCH3 is 1. The minimum Gasteiger partial charge on any atom is -0.497 e. The number of aromatic nitrogens is 1. The summed E-state index contributed by atoms with van der Waals surface area (Å²) in [5, 5.41) is -0.302. The van der Waals surface area contributed by atoms with E-state index in [9.17, 15) is 18.0 Å². The van der Waals surface area contributed by atoms with E-state index >= 15 is 0 Å². The minimum atomic E-state index is -4.66. The maximum atomic E-state index is 13.5. The number of primary amides is 1. The third-order valence-electron chi connectivity index (χ3n) is 3.61. The molecule has 0 bridgehead atoms. The number of pyridine rings is 1. The zero-order chi connectivity index (χ0) is 18.4. The molecule has 0 aliphatic carbocycles. The van der Waals surface area contributed by atoms with Crippen molar-refractivity contribution in [1.29, 1.82) is 0 Å². The zero-order valence-corrected chi connectivity index (χ0v) is 13.7. The molecule has 0 atom stereocenters. The number of anilines is 1. The number of ether oxygens (including phenoxy) is 1. The molecular weight excluding hydrogens is 355 g/mol. The topological polar surface area (TPSA) is 91.2 Å². The number of rotatable bonds is 3. The molecule has 0 spiro atoms. The number of alkyl halides is 3. The van der Waals surface area contributed by atoms with Crippen molar-refractivity contribution in [2.45, 2.75) is 6.18 Å². The Hall–Kier alpha value is -2.81. The normalized spacial score (nSPS) is 11.7. The van der Waals surface area contributed by atoms with Crippen LogP contribution in [0.2, 0.25) is 0 Å². The van der Waals surface area contributed by atoms with Gasteiger partial charge in [-0.25, -0.2) is 4.98 Å². The summed E-state index contributed by atoms with van der Waals surface area (Å²) >= 11 is 0.743. The van der Waals surface area contributed by atoms with Gasteiger partial charge in [0, 0.05) is 10.9 Å². The number of carbonyl (C=O) groups excluding carboxylic acids is 1. The number of nitrogen functional groups attached to an aromatic ring is 1. The quantitative estimate of drug-likeness (QED) is 0.739. The van der Waals surface area contributed by atoms with E-state index in [2.05, 4.69) is 4.98 Å². The van der Waals surface area contributed by atoms with Crippen molar-refractivity contribution in [2.75, 3.05) is 12.8 Å². The predicted octanol–water partition coefficient (Wildman–Crippen LogP) is 3.67. The van der Waals surface area contributed by atoms with Crippen molar-refractivity contribution in [3.63, 3.8) is 0 Å². The molecule has 3 rings (SSSR count). The van der Waals surface area contributed by atoms with Crippen LogP contribution in [0, 0.1) is 0 Å². The Morgan fingerprint density at radius 1 is 1.24 bits per heavy atom. The van der Waals surface area contributed by atoms with Crippen molar-refractivity contribution < 1.29 is 22.7 Å². The van der Waals surface area contributed by atoms with Gasteiger partial charge in [-0.1, -0.05) is 0 Å². The molecule has 25 heavy (non-hydrogen) atoms. The van der Waals surface area contributed by atoms with Gasteiger partial charge >= 0.3 is 6.18 Å². The van der Waals surface area contributed by atoms with Gasteiger partial charge in [-0.05, 0) is 30.3 Å². The van der Waals surface area contributed by atoms with Crippen LogP contribution in [0.25, 0.3) is 21.5 Å². The molecule has 0 aliphatic heterocycles. The second kappa shape index (κ2) is 5.92. The van der Waals surface area contributed by atoms with Gasteiger partial charge in [0.1, 0.15) is 15.5 Å². The molecule has 0 unspecified atom stereocenters. The number of thiophene rings is 1. The molecular formula is C16H12F3N3O2S. The summed E-state index contributed by atoms with van der Waals surface area (Å²) in [7, 11) is 1.49. The Kier molecular flexibility index (Phi) is 4.03. The fourth-order valence-electron chi connectivity index (χ4n) is 2.44. The average Bonchev–Trinajstić information content (AvgIpc) is 2.90. The highest BCUT2D eigenvalue weighted by molar-refractivity contribution is 7.21. The van der Waals surface area contributed by atoms with Crippen molar-refractivity contribution in [3.05, 3.63) is 40.8 Å². The monoisotopic (exact) mass is 367 g/mol. The van der Waals surface area contributed by atoms with Crippen LogP contribution in [0.3, 0.4) is 0 Å². The predicted molar refractivity (Wildman–Crippen MR) is 89.5 cm³/mol. The van der Waals surface area contributed by atoms with Crippen LogP contribution in [0.4, 0.5) is 18.9 Å². The summed E-state index contributed by atoms with van der Waals surface area (Å²) < 4.78 is 45.6. The van der Waals surface area contributed by atoms with Gasteiger partial charge in [0.2, 0.25) is 0 Å². The van der Waals surface area contributed by atoms with Gasteiger partial charge in [-0.3, -0.25) is 4.79 Å². The molecule has 0 radical (unpaired) electrons. The average molecular weight is 367 g/mol. The molecule has 0 saturated heterocycles. The standard InChI is InChI=1S/C16H12F3N3O2S/c1-24-8-4-2-7(3-5-8)10-6-9(16(17,18)19)11-12(20)13(14(21)23)25-15(11)22-10/h2-6H,20H2,1H3,(H2,21,23). The first-order valence-corrected chi connectivity index (χ1v) is 7.78. The SMILES string of the molecule is COc1ccc(-c2cc(C(F)(F)F)c3c(N)c(C(N)=O)sc3n2)cc1. The summed E-state index contributed by atoms with van der Waals surface area (Å²) in [6.45, 7) is 0. The molecule has 2 heterocycles. The molecule has 130 valence electrons. The lowest BCUT2D eigenvalue weighted by Gasteiger charge is -2.11. The molecule has 1 aromatic carbocycles. The third-order valence-corrected chi connectivity index (χ3v) is 4.73. The van der Waals surface area contributed by atoms with Crippen LogP contribution in [-0.2, 0) is 6.18 Å². The lowest BCUT2D eigenvalue weighted by atomic mass is 10.1. The summed E-state index contributed by atoms with van der Waals surface area (Å²) in [6, 6.07) is 7.34. The molecule has 9 heteroatoms. The summed E-state index contributed by atoms with van der Waals surface area (Å²) in [5.41, 5.74) is 10.2. The molecule has 0 saturated carbocycles. The molecule has 0 fully saturated rings. The Morgan fingerprint density at radius 3 is 2.40 bits per heavy atom. The number of hydrogen-bond acceptors (Lipinski definition) is 5. The molecule has 0 aliphatic rings. The number of nitrogens with two attached hydrogens (primary N) is 2. The number of carbonyl (C=O) groups is 1. The summed E-state index contributed by atoms with van der Waals surface area (Å²) in [5.74, 6) is -0.322. The second-order valence-electron chi connectivity index (χ2n) is 5.17. The van der Waals surface area contributed by atoms with E-state index in [0.29, 0.717) is 11.3 Å². The fraction of sp³-hybridized carbons (Fsp3) is 0.125. The molecule has 1 amide bonds. The summed E-state index contributed by atoms with van der Waals surface area (Å²) in [4.78, 5) is 15.5. The van der Waals surface area contributed by atoms with Crippen LogP contribution in [-0.4, -0.2) is 18.0 Å². The number of benzene rings is 1. The number of nitrogens with zero attached hydrogens (tertiary/aromatic N) is 1. The van der Waals surface area contributed by atoms with Crippen LogP contribution in [0.5, 0.6) is 5.75 Å². The van der Waals surface area contributed by atoms with Gasteiger partial charge in [-0.15, -0.1) is 11.3 Å². The first-order valence-electron chi connectivity index (χ1n) is 6.96. The van der Waals surface area contributed by atoms with E-state index in [0.717, 1.165) is 17.4 Å². The number of hydrogen-bond donors (Lipinski definition) is 2. The lowest BCUT2D eigenvalue weighted by molar-refractivity contribution is -0.136. The van der Waals surface area contributed by atoms with Gasteiger partial charge in [0.25, 0.3) is 5.91 Å². The van der Waals surface area contributed by atoms with Crippen LogP contribution in [0.1, 0.15) is 15.2 Å². The highest BCUT2D eigenvalue weighted by atomic mass is 32.1. The van der Waals surface area contributed by atoms with E-state index in [4.69, 9.17) is 16.2 Å². The van der Waals surface area contributed by atoms with Gasteiger partial charge in [-0.2, -0.15) is 13.2 Å². The smallest absolute Gasteiger partial charge is 0.417 e. The maximum absolute atomic E-state index is 13.5. The summed E-state index contributed by atoms with van der Waals surface area (Å²) in [6.07, 6.45) is -4.66. The first-order chi connectivity index (χ1) is 11.7. The number of fused-ring (bicyclic) bond motifs is 1. The van der Waals surface area contributed by atoms with Crippen molar-refractivity contribution in [1.82, 2.24) is 4.98 Å². The fourth-order valence-corrected chi connectivity index (χ4v) is 3.41. The van der Waals surface area contributed by atoms with Crippen molar-refractivity contribution in [2.24, 2.45) is 5.73 Å². The Bertz CT molecular complexity index is 965. The van der Waals surface area contributed by atoms with Gasteiger partial charge < -0.3 is 16.2 Å².